The quantitative estimate of drug-likeness (QED) is 0.851. The van der Waals surface area contributed by atoms with Gasteiger partial charge in [0.25, 0.3) is 5.91 Å². The maximum Gasteiger partial charge on any atom is 0.306 e. The highest BCUT2D eigenvalue weighted by molar-refractivity contribution is 5.93. The molecular formula is C17H24N4O3. The fraction of sp³-hybridized carbons (Fsp3) is 0.706. The van der Waals surface area contributed by atoms with Gasteiger partial charge in [0.2, 0.25) is 0 Å². The highest BCUT2D eigenvalue weighted by atomic mass is 16.4. The first-order chi connectivity index (χ1) is 11.6. The highest BCUT2D eigenvalue weighted by Crippen LogP contribution is 2.38. The number of carbonyl (C=O) groups is 2. The van der Waals surface area contributed by atoms with Crippen molar-refractivity contribution in [2.45, 2.75) is 63.7 Å². The van der Waals surface area contributed by atoms with E-state index >= 15 is 0 Å². The van der Waals surface area contributed by atoms with E-state index in [2.05, 4.69) is 10.4 Å². The lowest BCUT2D eigenvalue weighted by Gasteiger charge is -2.47. The number of aliphatic carboxylic acids is 1. The van der Waals surface area contributed by atoms with Crippen molar-refractivity contribution in [1.82, 2.24) is 20.0 Å². The molecule has 7 nitrogen and oxygen atoms in total. The molecule has 2 saturated heterocycles. The summed E-state index contributed by atoms with van der Waals surface area (Å²) in [5, 5.41) is 17.2. The molecule has 4 rings (SSSR count). The van der Waals surface area contributed by atoms with Crippen LogP contribution in [-0.4, -0.2) is 50.3 Å². The number of aromatic nitrogens is 2. The van der Waals surface area contributed by atoms with Crippen LogP contribution in [0.4, 0.5) is 0 Å². The second kappa shape index (κ2) is 6.20. The summed E-state index contributed by atoms with van der Waals surface area (Å²) >= 11 is 0. The van der Waals surface area contributed by atoms with E-state index in [0.29, 0.717) is 18.5 Å². The fourth-order valence-electron chi connectivity index (χ4n) is 4.51. The molecule has 0 aliphatic carbocycles. The van der Waals surface area contributed by atoms with Crippen LogP contribution in [0.5, 0.6) is 0 Å². The lowest BCUT2D eigenvalue weighted by atomic mass is 9.78. The van der Waals surface area contributed by atoms with Gasteiger partial charge in [0.1, 0.15) is 0 Å². The minimum atomic E-state index is -0.723. The summed E-state index contributed by atoms with van der Waals surface area (Å²) in [6, 6.07) is 2.00. The van der Waals surface area contributed by atoms with Crippen molar-refractivity contribution in [1.29, 1.82) is 0 Å². The average Bonchev–Trinajstić information content (AvgIpc) is 2.83. The van der Waals surface area contributed by atoms with Crippen LogP contribution in [0.1, 0.15) is 54.7 Å². The molecule has 2 N–H and O–H groups in total. The zero-order valence-corrected chi connectivity index (χ0v) is 13.8. The van der Waals surface area contributed by atoms with Crippen molar-refractivity contribution in [2.75, 3.05) is 6.54 Å². The van der Waals surface area contributed by atoms with Gasteiger partial charge in [-0.1, -0.05) is 0 Å². The van der Waals surface area contributed by atoms with E-state index in [1.165, 1.54) is 0 Å². The van der Waals surface area contributed by atoms with Crippen LogP contribution in [0.2, 0.25) is 0 Å². The van der Waals surface area contributed by atoms with Gasteiger partial charge in [-0.05, 0) is 51.1 Å². The van der Waals surface area contributed by atoms with Crippen LogP contribution < -0.4 is 5.32 Å². The van der Waals surface area contributed by atoms with Crippen LogP contribution in [0.3, 0.4) is 0 Å². The summed E-state index contributed by atoms with van der Waals surface area (Å²) < 4.78 is 1.94. The smallest absolute Gasteiger partial charge is 0.306 e. The molecular weight excluding hydrogens is 308 g/mol. The van der Waals surface area contributed by atoms with Crippen molar-refractivity contribution in [3.05, 3.63) is 17.5 Å². The number of rotatable bonds is 2. The van der Waals surface area contributed by atoms with E-state index < -0.39 is 5.97 Å². The van der Waals surface area contributed by atoms with Gasteiger partial charge in [0.05, 0.1) is 11.6 Å². The third-order valence-corrected chi connectivity index (χ3v) is 5.67. The standard InChI is InChI=1S/C17H24N4O3/c22-16(15-9-14-10-18-5-2-6-20(14)19-15)21-12-3-1-4-13(21)8-11(7-12)17(23)24/h9,11-13,18H,1-8,10H2,(H,23,24). The summed E-state index contributed by atoms with van der Waals surface area (Å²) in [6.07, 6.45) is 5.05. The topological polar surface area (TPSA) is 87.5 Å². The first-order valence-electron chi connectivity index (χ1n) is 8.96. The number of nitrogens with one attached hydrogen (secondary N) is 1. The van der Waals surface area contributed by atoms with Crippen LogP contribution in [0.15, 0.2) is 6.07 Å². The number of hydrogen-bond donors (Lipinski definition) is 2. The molecule has 4 heterocycles. The minimum Gasteiger partial charge on any atom is -0.481 e. The number of hydrogen-bond acceptors (Lipinski definition) is 4. The normalized spacial score (nSPS) is 29.7. The lowest BCUT2D eigenvalue weighted by molar-refractivity contribution is -0.145. The van der Waals surface area contributed by atoms with Crippen molar-refractivity contribution >= 4 is 11.9 Å². The van der Waals surface area contributed by atoms with E-state index in [9.17, 15) is 14.7 Å². The Kier molecular flexibility index (Phi) is 4.04. The van der Waals surface area contributed by atoms with Crippen LogP contribution in [0, 0.1) is 5.92 Å². The molecule has 0 saturated carbocycles. The molecule has 1 aromatic heterocycles. The summed E-state index contributed by atoms with van der Waals surface area (Å²) in [5.41, 5.74) is 1.57. The summed E-state index contributed by atoms with van der Waals surface area (Å²) in [6.45, 7) is 2.55. The second-order valence-corrected chi connectivity index (χ2v) is 7.23. The van der Waals surface area contributed by atoms with Crippen molar-refractivity contribution in [3.63, 3.8) is 0 Å². The van der Waals surface area contributed by atoms with Gasteiger partial charge >= 0.3 is 5.97 Å². The van der Waals surface area contributed by atoms with Gasteiger partial charge in [-0.25, -0.2) is 0 Å². The Bertz CT molecular complexity index is 619. The summed E-state index contributed by atoms with van der Waals surface area (Å²) in [7, 11) is 0. The van der Waals surface area contributed by atoms with Crippen molar-refractivity contribution in [3.8, 4) is 0 Å². The number of carboxylic acids is 1. The number of amides is 1. The Morgan fingerprint density at radius 1 is 1.21 bits per heavy atom. The second-order valence-electron chi connectivity index (χ2n) is 7.23. The zero-order chi connectivity index (χ0) is 16.7. The van der Waals surface area contributed by atoms with Crippen LogP contribution in [0.25, 0.3) is 0 Å². The fourth-order valence-corrected chi connectivity index (χ4v) is 4.51. The number of fused-ring (bicyclic) bond motifs is 3. The number of carbonyl (C=O) groups excluding carboxylic acids is 1. The predicted octanol–water partition coefficient (Wildman–Crippen LogP) is 1.23. The van der Waals surface area contributed by atoms with Crippen LogP contribution >= 0.6 is 0 Å². The molecule has 1 amide bonds. The van der Waals surface area contributed by atoms with Gasteiger partial charge < -0.3 is 15.3 Å². The molecule has 3 aliphatic rings. The molecule has 0 radical (unpaired) electrons. The third-order valence-electron chi connectivity index (χ3n) is 5.67. The Labute approximate surface area is 141 Å². The first kappa shape index (κ1) is 15.6. The lowest BCUT2D eigenvalue weighted by Crippen LogP contribution is -2.55. The maximum atomic E-state index is 13.1. The van der Waals surface area contributed by atoms with E-state index in [-0.39, 0.29) is 23.9 Å². The Morgan fingerprint density at radius 3 is 2.67 bits per heavy atom. The van der Waals surface area contributed by atoms with Gasteiger partial charge in [-0.2, -0.15) is 5.10 Å². The molecule has 2 atom stereocenters. The van der Waals surface area contributed by atoms with E-state index in [0.717, 1.165) is 51.0 Å². The molecule has 1 aromatic rings. The average molecular weight is 332 g/mol. The van der Waals surface area contributed by atoms with E-state index in [1.807, 2.05) is 15.6 Å². The summed E-state index contributed by atoms with van der Waals surface area (Å²) in [4.78, 5) is 26.4. The van der Waals surface area contributed by atoms with E-state index in [4.69, 9.17) is 0 Å². The Hall–Kier alpha value is -1.89. The Balaban J connectivity index is 1.57. The molecule has 2 fully saturated rings. The van der Waals surface area contributed by atoms with Gasteiger partial charge in [0, 0.05) is 25.2 Å². The first-order valence-corrected chi connectivity index (χ1v) is 8.96. The zero-order valence-electron chi connectivity index (χ0n) is 13.8. The molecule has 7 heteroatoms. The molecule has 2 unspecified atom stereocenters. The van der Waals surface area contributed by atoms with Gasteiger partial charge in [0.15, 0.2) is 5.69 Å². The monoisotopic (exact) mass is 332 g/mol. The largest absolute Gasteiger partial charge is 0.481 e. The molecule has 2 bridgehead atoms. The van der Waals surface area contributed by atoms with Gasteiger partial charge in [-0.3, -0.25) is 14.3 Å². The molecule has 3 aliphatic heterocycles. The van der Waals surface area contributed by atoms with Crippen molar-refractivity contribution in [2.24, 2.45) is 5.92 Å². The summed E-state index contributed by atoms with van der Waals surface area (Å²) in [5.74, 6) is -1.06. The molecule has 24 heavy (non-hydrogen) atoms. The molecule has 0 spiro atoms. The molecule has 0 aromatic carbocycles. The molecule has 130 valence electrons. The van der Waals surface area contributed by atoms with E-state index in [1.54, 1.807) is 0 Å². The number of piperidine rings is 2. The minimum absolute atomic E-state index is 0.0193. The predicted molar refractivity (Wildman–Crippen MR) is 86.5 cm³/mol. The maximum absolute atomic E-state index is 13.1. The number of nitrogens with zero attached hydrogens (tertiary/aromatic N) is 3. The van der Waals surface area contributed by atoms with Gasteiger partial charge in [-0.15, -0.1) is 0 Å². The van der Waals surface area contributed by atoms with Crippen molar-refractivity contribution < 1.29 is 14.7 Å². The SMILES string of the molecule is O=C(O)C1CC2CCCC(C1)N2C(=O)c1cc2n(n1)CCCNC2. The number of aryl methyl sites for hydroxylation is 1. The Morgan fingerprint density at radius 2 is 1.96 bits per heavy atom. The number of carboxylic acid groups (broad SMARTS) is 1. The third kappa shape index (κ3) is 2.70. The highest BCUT2D eigenvalue weighted by Gasteiger charge is 2.43. The van der Waals surface area contributed by atoms with Crippen LogP contribution in [-0.2, 0) is 17.9 Å².